The first kappa shape index (κ1) is 15.3. The highest BCUT2D eigenvalue weighted by molar-refractivity contribution is 7.99. The zero-order chi connectivity index (χ0) is 15.7. The number of benzene rings is 1. The molecule has 3 aliphatic rings. The van der Waals surface area contributed by atoms with Crippen LogP contribution in [0.4, 0.5) is 4.79 Å². The van der Waals surface area contributed by atoms with Gasteiger partial charge in [0, 0.05) is 18.4 Å². The molecule has 1 spiro atoms. The van der Waals surface area contributed by atoms with Crippen LogP contribution in [0.1, 0.15) is 42.9 Å². The SMILES string of the molecule is O=C(NC1CCOC2(CCSC2)C1)NC1CCc2ccccc21. The Balaban J connectivity index is 1.34. The third-order valence-corrected chi connectivity index (χ3v) is 6.56. The lowest BCUT2D eigenvalue weighted by Gasteiger charge is -2.38. The summed E-state index contributed by atoms with van der Waals surface area (Å²) in [6, 6.07) is 8.78. The van der Waals surface area contributed by atoms with E-state index in [1.165, 1.54) is 16.9 Å². The van der Waals surface area contributed by atoms with Crippen LogP contribution in [0, 0.1) is 0 Å². The number of fused-ring (bicyclic) bond motifs is 1. The molecule has 2 saturated heterocycles. The Morgan fingerprint density at radius 2 is 2.17 bits per heavy atom. The molecular formula is C18H24N2O2S. The van der Waals surface area contributed by atoms with Gasteiger partial charge in [0.25, 0.3) is 0 Å². The highest BCUT2D eigenvalue weighted by atomic mass is 32.2. The minimum atomic E-state index is -0.0283. The Bertz CT molecular complexity index is 586. The average Bonchev–Trinajstić information content (AvgIpc) is 3.15. The summed E-state index contributed by atoms with van der Waals surface area (Å²) < 4.78 is 6.03. The maximum absolute atomic E-state index is 12.4. The van der Waals surface area contributed by atoms with Gasteiger partial charge >= 0.3 is 6.03 Å². The molecule has 1 aromatic rings. The van der Waals surface area contributed by atoms with E-state index in [0.29, 0.717) is 0 Å². The molecule has 4 rings (SSSR count). The monoisotopic (exact) mass is 332 g/mol. The van der Waals surface area contributed by atoms with Crippen molar-refractivity contribution in [2.75, 3.05) is 18.1 Å². The number of amides is 2. The summed E-state index contributed by atoms with van der Waals surface area (Å²) in [6.45, 7) is 0.762. The lowest BCUT2D eigenvalue weighted by Crippen LogP contribution is -2.51. The first-order valence-electron chi connectivity index (χ1n) is 8.61. The van der Waals surface area contributed by atoms with Crippen molar-refractivity contribution in [2.24, 2.45) is 0 Å². The topological polar surface area (TPSA) is 50.4 Å². The van der Waals surface area contributed by atoms with Gasteiger partial charge in [-0.3, -0.25) is 0 Å². The van der Waals surface area contributed by atoms with Gasteiger partial charge in [0.15, 0.2) is 0 Å². The second-order valence-corrected chi connectivity index (χ2v) is 8.04. The molecule has 2 aliphatic heterocycles. The molecule has 3 atom stereocenters. The summed E-state index contributed by atoms with van der Waals surface area (Å²) in [5.74, 6) is 2.25. The van der Waals surface area contributed by atoms with Crippen LogP contribution < -0.4 is 10.6 Å². The van der Waals surface area contributed by atoms with Gasteiger partial charge in [0.1, 0.15) is 0 Å². The van der Waals surface area contributed by atoms with E-state index in [-0.39, 0.29) is 23.7 Å². The molecule has 23 heavy (non-hydrogen) atoms. The second kappa shape index (κ2) is 6.36. The standard InChI is InChI=1S/C18H24N2O2S/c21-17(20-16-6-5-13-3-1-2-4-15(13)16)19-14-7-9-22-18(11-14)8-10-23-12-18/h1-4,14,16H,5-12H2,(H2,19,20,21). The van der Waals surface area contributed by atoms with Crippen LogP contribution in [-0.2, 0) is 11.2 Å². The number of carbonyl (C=O) groups excluding carboxylic acids is 1. The summed E-state index contributed by atoms with van der Waals surface area (Å²) in [7, 11) is 0. The third-order valence-electron chi connectivity index (χ3n) is 5.33. The highest BCUT2D eigenvalue weighted by Crippen LogP contribution is 2.38. The Hall–Kier alpha value is -1.20. The van der Waals surface area contributed by atoms with E-state index in [1.54, 1.807) is 0 Å². The van der Waals surface area contributed by atoms with Crippen LogP contribution in [0.25, 0.3) is 0 Å². The normalized spacial score (nSPS) is 32.7. The second-order valence-electron chi connectivity index (χ2n) is 6.93. The van der Waals surface area contributed by atoms with Crippen LogP contribution in [-0.4, -0.2) is 35.8 Å². The number of nitrogens with one attached hydrogen (secondary N) is 2. The first-order chi connectivity index (χ1) is 11.2. The molecule has 2 amide bonds. The van der Waals surface area contributed by atoms with Crippen molar-refractivity contribution < 1.29 is 9.53 Å². The van der Waals surface area contributed by atoms with Gasteiger partial charge in [-0.15, -0.1) is 0 Å². The molecule has 0 bridgehead atoms. The van der Waals surface area contributed by atoms with Crippen molar-refractivity contribution in [2.45, 2.75) is 49.8 Å². The summed E-state index contributed by atoms with van der Waals surface area (Å²) in [4.78, 5) is 12.4. The van der Waals surface area contributed by atoms with Gasteiger partial charge in [0.05, 0.1) is 11.6 Å². The molecular weight excluding hydrogens is 308 g/mol. The van der Waals surface area contributed by atoms with E-state index in [0.717, 1.165) is 44.5 Å². The summed E-state index contributed by atoms with van der Waals surface area (Å²) >= 11 is 1.97. The molecule has 1 aromatic carbocycles. The number of hydrogen-bond acceptors (Lipinski definition) is 3. The Morgan fingerprint density at radius 3 is 3.04 bits per heavy atom. The van der Waals surface area contributed by atoms with Crippen molar-refractivity contribution in [3.8, 4) is 0 Å². The predicted molar refractivity (Wildman–Crippen MR) is 92.8 cm³/mol. The van der Waals surface area contributed by atoms with Gasteiger partial charge in [0.2, 0.25) is 0 Å². The summed E-state index contributed by atoms with van der Waals surface area (Å²) in [5, 5.41) is 6.35. The number of ether oxygens (including phenoxy) is 1. The predicted octanol–water partition coefficient (Wildman–Crippen LogP) is 3.03. The lowest BCUT2D eigenvalue weighted by molar-refractivity contribution is -0.0684. The Morgan fingerprint density at radius 1 is 1.26 bits per heavy atom. The number of hydrogen-bond donors (Lipinski definition) is 2. The van der Waals surface area contributed by atoms with Gasteiger partial charge in [-0.2, -0.15) is 11.8 Å². The molecule has 2 heterocycles. The van der Waals surface area contributed by atoms with Gasteiger partial charge < -0.3 is 15.4 Å². The minimum Gasteiger partial charge on any atom is -0.374 e. The third kappa shape index (κ3) is 3.22. The van der Waals surface area contributed by atoms with Gasteiger partial charge in [-0.25, -0.2) is 4.79 Å². The van der Waals surface area contributed by atoms with E-state index >= 15 is 0 Å². The fraction of sp³-hybridized carbons (Fsp3) is 0.611. The number of urea groups is 1. The van der Waals surface area contributed by atoms with Crippen LogP contribution in [0.5, 0.6) is 0 Å². The zero-order valence-electron chi connectivity index (χ0n) is 13.3. The van der Waals surface area contributed by atoms with E-state index in [4.69, 9.17) is 4.74 Å². The van der Waals surface area contributed by atoms with Crippen molar-refractivity contribution >= 4 is 17.8 Å². The molecule has 4 nitrogen and oxygen atoms in total. The summed E-state index contributed by atoms with van der Waals surface area (Å²) in [6.07, 6.45) is 5.04. The molecule has 5 heteroatoms. The van der Waals surface area contributed by atoms with E-state index in [1.807, 2.05) is 11.8 Å². The lowest BCUT2D eigenvalue weighted by atomic mass is 9.90. The molecule has 0 aromatic heterocycles. The fourth-order valence-electron chi connectivity index (χ4n) is 4.11. The van der Waals surface area contributed by atoms with E-state index in [9.17, 15) is 4.79 Å². The average molecular weight is 332 g/mol. The Kier molecular flexibility index (Phi) is 4.24. The summed E-state index contributed by atoms with van der Waals surface area (Å²) in [5.41, 5.74) is 2.66. The van der Waals surface area contributed by atoms with Gasteiger partial charge in [-0.05, 0) is 49.0 Å². The molecule has 2 fully saturated rings. The largest absolute Gasteiger partial charge is 0.374 e. The van der Waals surface area contributed by atoms with Crippen molar-refractivity contribution in [3.05, 3.63) is 35.4 Å². The quantitative estimate of drug-likeness (QED) is 0.875. The molecule has 0 saturated carbocycles. The number of thioether (sulfide) groups is 1. The number of carbonyl (C=O) groups is 1. The molecule has 0 radical (unpaired) electrons. The van der Waals surface area contributed by atoms with Crippen molar-refractivity contribution in [3.63, 3.8) is 0 Å². The van der Waals surface area contributed by atoms with E-state index in [2.05, 4.69) is 34.9 Å². The van der Waals surface area contributed by atoms with Crippen LogP contribution >= 0.6 is 11.8 Å². The molecule has 2 N–H and O–H groups in total. The van der Waals surface area contributed by atoms with E-state index < -0.39 is 0 Å². The maximum Gasteiger partial charge on any atom is 0.315 e. The molecule has 1 aliphatic carbocycles. The van der Waals surface area contributed by atoms with Crippen LogP contribution in [0.15, 0.2) is 24.3 Å². The zero-order valence-corrected chi connectivity index (χ0v) is 14.2. The highest BCUT2D eigenvalue weighted by Gasteiger charge is 2.41. The minimum absolute atomic E-state index is 0.0147. The molecule has 124 valence electrons. The van der Waals surface area contributed by atoms with Crippen molar-refractivity contribution in [1.29, 1.82) is 0 Å². The maximum atomic E-state index is 12.4. The fourth-order valence-corrected chi connectivity index (χ4v) is 5.48. The smallest absolute Gasteiger partial charge is 0.315 e. The van der Waals surface area contributed by atoms with Crippen LogP contribution in [0.3, 0.4) is 0 Å². The van der Waals surface area contributed by atoms with Crippen LogP contribution in [0.2, 0.25) is 0 Å². The first-order valence-corrected chi connectivity index (χ1v) is 9.76. The van der Waals surface area contributed by atoms with Crippen molar-refractivity contribution in [1.82, 2.24) is 10.6 Å². The molecule has 3 unspecified atom stereocenters. The van der Waals surface area contributed by atoms with Gasteiger partial charge in [-0.1, -0.05) is 24.3 Å². The number of rotatable bonds is 2. The Labute approximate surface area is 141 Å². The number of aryl methyl sites for hydroxylation is 1.